The molecule has 0 aliphatic rings. The molecule has 0 aliphatic heterocycles. The van der Waals surface area contributed by atoms with E-state index in [4.69, 9.17) is 0 Å². The Morgan fingerprint density at radius 3 is 1.20 bits per heavy atom. The normalized spacial score (nSPS) is 12.3. The van der Waals surface area contributed by atoms with Crippen LogP contribution in [-0.4, -0.2) is 22.2 Å². The average molecular weight is 676 g/mol. The minimum absolute atomic E-state index is 0. The Kier molecular flexibility index (Phi) is 21.0. The number of benzene rings is 2. The van der Waals surface area contributed by atoms with Gasteiger partial charge in [0.25, 0.3) is 0 Å². The van der Waals surface area contributed by atoms with Crippen LogP contribution in [-0.2, 0) is 32.3 Å². The first-order chi connectivity index (χ1) is 20.7. The molecule has 2 aromatic rings. The Balaban J connectivity index is 0.000000842. The maximum absolute atomic E-state index is 12.3. The molecule has 0 amide bonds. The van der Waals surface area contributed by atoms with Gasteiger partial charge in [-0.3, -0.25) is 0 Å². The van der Waals surface area contributed by atoms with Gasteiger partial charge in [-0.25, -0.2) is 9.59 Å². The summed E-state index contributed by atoms with van der Waals surface area (Å²) in [6, 6.07) is 7.04. The zero-order valence-electron chi connectivity index (χ0n) is 29.3. The largest absolute Gasteiger partial charge is 2.00 e. The van der Waals surface area contributed by atoms with E-state index in [1.54, 1.807) is 12.1 Å². The third-order valence-corrected chi connectivity index (χ3v) is 8.41. The Morgan fingerprint density at radius 2 is 0.933 bits per heavy atom. The average Bonchev–Trinajstić information content (AvgIpc) is 2.95. The van der Waals surface area contributed by atoms with Crippen molar-refractivity contribution in [3.8, 4) is 11.5 Å². The molecule has 0 saturated heterocycles. The van der Waals surface area contributed by atoms with E-state index >= 15 is 0 Å². The Hall–Kier alpha value is -2.40. The molecule has 0 bridgehead atoms. The second kappa shape index (κ2) is 22.2. The van der Waals surface area contributed by atoms with Gasteiger partial charge in [-0.15, -0.1) is 0 Å². The first-order valence-electron chi connectivity index (χ1n) is 16.9. The van der Waals surface area contributed by atoms with Crippen molar-refractivity contribution in [3.63, 3.8) is 0 Å². The summed E-state index contributed by atoms with van der Waals surface area (Å²) < 4.78 is 0. The van der Waals surface area contributed by atoms with Gasteiger partial charge in [-0.05, 0) is 85.5 Å². The fraction of sp³-hybridized carbons (Fsp3) is 0.632. The molecule has 248 valence electrons. The molecule has 0 fully saturated rings. The van der Waals surface area contributed by atoms with Crippen LogP contribution < -0.4 is 10.2 Å². The van der Waals surface area contributed by atoms with Crippen molar-refractivity contribution in [2.75, 3.05) is 0 Å². The van der Waals surface area contributed by atoms with Gasteiger partial charge < -0.3 is 20.4 Å². The number of carboxylic acid groups (broad SMARTS) is 2. The number of hydrogen-bond donors (Lipinski definition) is 2. The van der Waals surface area contributed by atoms with Gasteiger partial charge in [-0.2, -0.15) is 0 Å². The first-order valence-corrected chi connectivity index (χ1v) is 16.9. The number of rotatable bonds is 18. The van der Waals surface area contributed by atoms with E-state index in [1.807, 2.05) is 12.1 Å². The van der Waals surface area contributed by atoms with Crippen molar-refractivity contribution in [3.05, 3.63) is 57.6 Å². The molecule has 2 rings (SSSR count). The number of carbonyl (C=O) groups is 2. The predicted octanol–water partition coefficient (Wildman–Crippen LogP) is 9.46. The fourth-order valence-corrected chi connectivity index (χ4v) is 5.44. The predicted molar refractivity (Wildman–Crippen MR) is 177 cm³/mol. The van der Waals surface area contributed by atoms with E-state index in [-0.39, 0.29) is 42.1 Å². The molecular weight excluding hydrogens is 618 g/mol. The van der Waals surface area contributed by atoms with Crippen molar-refractivity contribution in [1.29, 1.82) is 0 Å². The summed E-state index contributed by atoms with van der Waals surface area (Å²) in [6.07, 6.45) is 11.8. The first kappa shape index (κ1) is 42.6. The quantitative estimate of drug-likeness (QED) is 0.152. The van der Waals surface area contributed by atoms with Crippen molar-refractivity contribution in [2.45, 2.75) is 144 Å². The van der Waals surface area contributed by atoms with Crippen LogP contribution in [0.15, 0.2) is 24.3 Å². The molecule has 45 heavy (non-hydrogen) atoms. The fourth-order valence-electron chi connectivity index (χ4n) is 5.44. The van der Waals surface area contributed by atoms with E-state index in [1.165, 1.54) is 0 Å². The number of aryl methyl sites for hydroxylation is 2. The third kappa shape index (κ3) is 15.2. The van der Waals surface area contributed by atoms with Gasteiger partial charge in [-0.1, -0.05) is 129 Å². The standard InChI is InChI=1S/2C19H30O3.Zn/c2*1-5-6-9-14(4)16-11-15(10-7-8-13(2)3)18(20)17(12-16)19(21)22;/h2*11-14,20H,5-10H2,1-4H3,(H,21,22);/q;;+2/p-2. The summed E-state index contributed by atoms with van der Waals surface area (Å²) in [5.41, 5.74) is 3.17. The molecule has 0 radical (unpaired) electrons. The molecular formula is C38H58O6Zn. The molecule has 7 heteroatoms. The zero-order chi connectivity index (χ0) is 33.4. The Bertz CT molecular complexity index is 1080. The van der Waals surface area contributed by atoms with Gasteiger partial charge in [0, 0.05) is 0 Å². The van der Waals surface area contributed by atoms with Crippen molar-refractivity contribution in [2.24, 2.45) is 11.8 Å². The summed E-state index contributed by atoms with van der Waals surface area (Å²) >= 11 is 0. The maximum atomic E-state index is 12.3. The van der Waals surface area contributed by atoms with E-state index < -0.39 is 11.9 Å². The van der Waals surface area contributed by atoms with Crippen LogP contribution in [0.25, 0.3) is 0 Å². The molecule has 0 spiro atoms. The number of hydrogen-bond acceptors (Lipinski definition) is 4. The molecule has 6 nitrogen and oxygen atoms in total. The van der Waals surface area contributed by atoms with E-state index in [9.17, 15) is 30.0 Å². The van der Waals surface area contributed by atoms with Crippen LogP contribution in [0.1, 0.15) is 174 Å². The summed E-state index contributed by atoms with van der Waals surface area (Å²) in [6.45, 7) is 17.1. The molecule has 2 atom stereocenters. The van der Waals surface area contributed by atoms with Crippen molar-refractivity contribution >= 4 is 11.9 Å². The summed E-state index contributed by atoms with van der Waals surface area (Å²) in [5.74, 6) is -1.05. The molecule has 0 saturated carbocycles. The van der Waals surface area contributed by atoms with Crippen LogP contribution in [0.2, 0.25) is 0 Å². The maximum Gasteiger partial charge on any atom is 2.00 e. The SMILES string of the molecule is CCCCC(C)c1cc(CCCC(C)C)c([O-])c(C(=O)O)c1.CCCCC(C)c1cc(CCCC(C)C)c([O-])c(C(=O)O)c1.[Zn+2]. The van der Waals surface area contributed by atoms with E-state index in [0.717, 1.165) is 75.3 Å². The summed E-state index contributed by atoms with van der Waals surface area (Å²) in [7, 11) is 0. The zero-order valence-corrected chi connectivity index (χ0v) is 32.3. The molecule has 0 heterocycles. The second-order valence-electron chi connectivity index (χ2n) is 13.4. The third-order valence-electron chi connectivity index (χ3n) is 8.41. The Labute approximate surface area is 285 Å². The summed E-state index contributed by atoms with van der Waals surface area (Å²) in [4.78, 5) is 22.7. The minimum Gasteiger partial charge on any atom is -0.872 e. The monoisotopic (exact) mass is 674 g/mol. The van der Waals surface area contributed by atoms with Gasteiger partial charge in [0.1, 0.15) is 0 Å². The van der Waals surface area contributed by atoms with Gasteiger partial charge in [0.05, 0.1) is 11.1 Å². The number of unbranched alkanes of at least 4 members (excludes halogenated alkanes) is 2. The smallest absolute Gasteiger partial charge is 0.872 e. The van der Waals surface area contributed by atoms with E-state index in [2.05, 4.69) is 55.4 Å². The molecule has 0 aromatic heterocycles. The van der Waals surface area contributed by atoms with E-state index in [0.29, 0.717) is 47.6 Å². The number of carboxylic acids is 2. The van der Waals surface area contributed by atoms with Crippen LogP contribution in [0.3, 0.4) is 0 Å². The number of aromatic carboxylic acids is 2. The van der Waals surface area contributed by atoms with Gasteiger partial charge in [0.15, 0.2) is 0 Å². The molecule has 2 unspecified atom stereocenters. The topological polar surface area (TPSA) is 121 Å². The van der Waals surface area contributed by atoms with Crippen LogP contribution in [0.5, 0.6) is 11.5 Å². The van der Waals surface area contributed by atoms with Crippen LogP contribution in [0, 0.1) is 11.8 Å². The Morgan fingerprint density at radius 1 is 0.600 bits per heavy atom. The molecule has 0 aliphatic carbocycles. The molecule has 2 aromatic carbocycles. The van der Waals surface area contributed by atoms with Crippen LogP contribution >= 0.6 is 0 Å². The van der Waals surface area contributed by atoms with Crippen molar-refractivity contribution < 1.29 is 49.5 Å². The van der Waals surface area contributed by atoms with Gasteiger partial charge in [0.2, 0.25) is 0 Å². The van der Waals surface area contributed by atoms with Gasteiger partial charge >= 0.3 is 31.4 Å². The molecule has 2 N–H and O–H groups in total. The van der Waals surface area contributed by atoms with Crippen LogP contribution in [0.4, 0.5) is 0 Å². The summed E-state index contributed by atoms with van der Waals surface area (Å²) in [5, 5.41) is 43.2. The van der Waals surface area contributed by atoms with Crippen molar-refractivity contribution in [1.82, 2.24) is 0 Å². The second-order valence-corrected chi connectivity index (χ2v) is 13.4. The minimum atomic E-state index is -1.11.